The SMILES string of the molecule is CCCN1C(=O)[C@@]2(C(=C(O)c3cccc(S(=O)(=O)N(C)C)c3)C(=O)C(=O)N2CCN(C)C)c2ccccc21. The van der Waals surface area contributed by atoms with Gasteiger partial charge in [-0.25, -0.2) is 12.7 Å². The first-order chi connectivity index (χ1) is 17.9. The maximum Gasteiger partial charge on any atom is 0.296 e. The van der Waals surface area contributed by atoms with Gasteiger partial charge in [-0.1, -0.05) is 37.3 Å². The minimum atomic E-state index is -3.86. The Kier molecular flexibility index (Phi) is 7.21. The van der Waals surface area contributed by atoms with E-state index in [9.17, 15) is 27.9 Å². The summed E-state index contributed by atoms with van der Waals surface area (Å²) in [7, 11) is 2.54. The summed E-state index contributed by atoms with van der Waals surface area (Å²) in [5.41, 5.74) is -1.24. The molecule has 2 aromatic carbocycles. The highest BCUT2D eigenvalue weighted by atomic mass is 32.2. The summed E-state index contributed by atoms with van der Waals surface area (Å²) >= 11 is 0. The average Bonchev–Trinajstić information content (AvgIpc) is 3.25. The number of aliphatic hydroxyl groups is 1. The lowest BCUT2D eigenvalue weighted by Gasteiger charge is -2.35. The van der Waals surface area contributed by atoms with Crippen LogP contribution >= 0.6 is 0 Å². The van der Waals surface area contributed by atoms with Crippen molar-refractivity contribution >= 4 is 39.1 Å². The summed E-state index contributed by atoms with van der Waals surface area (Å²) in [6.45, 7) is 2.70. The first kappa shape index (κ1) is 27.5. The van der Waals surface area contributed by atoms with Gasteiger partial charge in [-0.15, -0.1) is 0 Å². The van der Waals surface area contributed by atoms with Crippen molar-refractivity contribution in [1.29, 1.82) is 0 Å². The van der Waals surface area contributed by atoms with E-state index in [0.29, 0.717) is 30.8 Å². The van der Waals surface area contributed by atoms with Gasteiger partial charge in [0.25, 0.3) is 17.6 Å². The summed E-state index contributed by atoms with van der Waals surface area (Å²) in [5.74, 6) is -3.00. The first-order valence-electron chi connectivity index (χ1n) is 12.3. The van der Waals surface area contributed by atoms with Gasteiger partial charge in [-0.2, -0.15) is 0 Å². The van der Waals surface area contributed by atoms with Crippen LogP contribution in [0.2, 0.25) is 0 Å². The molecule has 2 aliphatic rings. The third kappa shape index (κ3) is 4.01. The number of amides is 2. The summed E-state index contributed by atoms with van der Waals surface area (Å²) in [6.07, 6.45) is 0.630. The van der Waals surface area contributed by atoms with E-state index in [0.717, 1.165) is 4.31 Å². The van der Waals surface area contributed by atoms with Crippen molar-refractivity contribution in [3.8, 4) is 0 Å². The largest absolute Gasteiger partial charge is 0.507 e. The number of sulfonamides is 1. The Hall–Kier alpha value is -3.54. The molecule has 1 fully saturated rings. The minimum absolute atomic E-state index is 0.0112. The smallest absolute Gasteiger partial charge is 0.296 e. The Bertz CT molecular complexity index is 1450. The van der Waals surface area contributed by atoms with E-state index in [1.807, 2.05) is 25.9 Å². The fraction of sp³-hybridized carbons (Fsp3) is 0.370. The number of rotatable bonds is 8. The van der Waals surface area contributed by atoms with E-state index < -0.39 is 38.9 Å². The monoisotopic (exact) mass is 540 g/mol. The second-order valence-corrected chi connectivity index (χ2v) is 12.0. The average molecular weight is 541 g/mol. The quantitative estimate of drug-likeness (QED) is 0.308. The second-order valence-electron chi connectivity index (χ2n) is 9.81. The summed E-state index contributed by atoms with van der Waals surface area (Å²) in [4.78, 5) is 46.0. The minimum Gasteiger partial charge on any atom is -0.507 e. The molecule has 0 saturated carbocycles. The molecule has 202 valence electrons. The zero-order valence-corrected chi connectivity index (χ0v) is 22.9. The zero-order valence-electron chi connectivity index (χ0n) is 22.1. The molecule has 38 heavy (non-hydrogen) atoms. The van der Waals surface area contributed by atoms with Gasteiger partial charge in [0, 0.05) is 44.9 Å². The molecule has 0 bridgehead atoms. The van der Waals surface area contributed by atoms with Crippen molar-refractivity contribution in [1.82, 2.24) is 14.1 Å². The Morgan fingerprint density at radius 1 is 0.974 bits per heavy atom. The van der Waals surface area contributed by atoms with Gasteiger partial charge < -0.3 is 19.8 Å². The lowest BCUT2D eigenvalue weighted by atomic mass is 9.82. The molecule has 4 rings (SSSR count). The molecule has 0 aromatic heterocycles. The van der Waals surface area contributed by atoms with Crippen LogP contribution < -0.4 is 4.90 Å². The number of hydrogen-bond acceptors (Lipinski definition) is 7. The van der Waals surface area contributed by atoms with E-state index in [4.69, 9.17) is 0 Å². The van der Waals surface area contributed by atoms with Gasteiger partial charge in [0.05, 0.1) is 16.2 Å². The number of anilines is 1. The predicted molar refractivity (Wildman–Crippen MR) is 143 cm³/mol. The maximum absolute atomic E-state index is 14.3. The van der Waals surface area contributed by atoms with Crippen molar-refractivity contribution in [3.63, 3.8) is 0 Å². The molecule has 0 unspecified atom stereocenters. The number of likely N-dealkylation sites (tertiary alicyclic amines) is 1. The van der Waals surface area contributed by atoms with Gasteiger partial charge in [-0.3, -0.25) is 14.4 Å². The van der Waals surface area contributed by atoms with Crippen molar-refractivity contribution in [3.05, 3.63) is 65.2 Å². The van der Waals surface area contributed by atoms with E-state index >= 15 is 0 Å². The van der Waals surface area contributed by atoms with Crippen molar-refractivity contribution < 1.29 is 27.9 Å². The van der Waals surface area contributed by atoms with Crippen molar-refractivity contribution in [2.75, 3.05) is 52.7 Å². The standard InChI is InChI=1S/C27H32N4O6S/c1-6-14-30-21-13-8-7-12-20(21)27(26(30)35)22(24(33)25(34)31(27)16-15-28(2)3)23(32)18-10-9-11-19(17-18)38(36,37)29(4)5/h7-13,17,32H,6,14-16H2,1-5H3/t27-/m0/s1. The molecule has 11 heteroatoms. The number of aliphatic hydroxyl groups excluding tert-OH is 1. The van der Waals surface area contributed by atoms with Crippen LogP contribution in [0.3, 0.4) is 0 Å². The number of Topliss-reactive ketones (excluding diaryl/α,β-unsaturated/α-hetero) is 1. The van der Waals surface area contributed by atoms with Crippen LogP contribution in [0.5, 0.6) is 0 Å². The Balaban J connectivity index is 2.04. The molecule has 0 radical (unpaired) electrons. The number of carbonyl (C=O) groups is 3. The zero-order chi connectivity index (χ0) is 28.0. The topological polar surface area (TPSA) is 119 Å². The van der Waals surface area contributed by atoms with Crippen LogP contribution in [0.25, 0.3) is 5.76 Å². The number of ketones is 1. The summed E-state index contributed by atoms with van der Waals surface area (Å²) < 4.78 is 26.6. The second kappa shape index (κ2) is 9.97. The lowest BCUT2D eigenvalue weighted by Crippen LogP contribution is -2.53. The number of likely N-dealkylation sites (N-methyl/N-ethyl adjacent to an activating group) is 1. The molecule has 2 aromatic rings. The number of fused-ring (bicyclic) bond motifs is 2. The van der Waals surface area contributed by atoms with Gasteiger partial charge in [0.1, 0.15) is 5.76 Å². The van der Waals surface area contributed by atoms with Crippen LogP contribution in [0.4, 0.5) is 5.69 Å². The highest BCUT2D eigenvalue weighted by Gasteiger charge is 2.66. The van der Waals surface area contributed by atoms with Crippen molar-refractivity contribution in [2.24, 2.45) is 0 Å². The van der Waals surface area contributed by atoms with Crippen LogP contribution in [-0.2, 0) is 29.9 Å². The molecule has 1 atom stereocenters. The highest BCUT2D eigenvalue weighted by molar-refractivity contribution is 7.89. The van der Waals surface area contributed by atoms with E-state index in [1.54, 1.807) is 29.2 Å². The molecule has 0 aliphatic carbocycles. The number of nitrogens with zero attached hydrogens (tertiary/aromatic N) is 4. The summed E-state index contributed by atoms with van der Waals surface area (Å²) in [6, 6.07) is 12.4. The van der Waals surface area contributed by atoms with Gasteiger partial charge in [0.2, 0.25) is 10.0 Å². The number of benzene rings is 2. The van der Waals surface area contributed by atoms with Gasteiger partial charge in [-0.05, 0) is 38.7 Å². The van der Waals surface area contributed by atoms with Crippen LogP contribution in [0.1, 0.15) is 24.5 Å². The molecule has 2 heterocycles. The normalized spacial score (nSPS) is 20.9. The Labute approximate surface area is 222 Å². The third-order valence-corrected chi connectivity index (χ3v) is 8.72. The van der Waals surface area contributed by atoms with Gasteiger partial charge in [0.15, 0.2) is 5.54 Å². The maximum atomic E-state index is 14.3. The van der Waals surface area contributed by atoms with E-state index in [1.165, 1.54) is 43.3 Å². The highest BCUT2D eigenvalue weighted by Crippen LogP contribution is 2.53. The Morgan fingerprint density at radius 2 is 1.66 bits per heavy atom. The van der Waals surface area contributed by atoms with Crippen LogP contribution in [0.15, 0.2) is 59.0 Å². The molecule has 2 amide bonds. The predicted octanol–water partition coefficient (Wildman–Crippen LogP) is 1.83. The number of hydrogen-bond donors (Lipinski definition) is 1. The van der Waals surface area contributed by atoms with Crippen LogP contribution in [-0.4, -0.2) is 93.1 Å². The molecule has 1 N–H and O–H groups in total. The fourth-order valence-electron chi connectivity index (χ4n) is 5.07. The lowest BCUT2D eigenvalue weighted by molar-refractivity contribution is -0.143. The van der Waals surface area contributed by atoms with Crippen molar-refractivity contribution in [2.45, 2.75) is 23.8 Å². The number of para-hydroxylation sites is 1. The first-order valence-corrected chi connectivity index (χ1v) is 13.7. The molecule has 10 nitrogen and oxygen atoms in total. The molecule has 1 saturated heterocycles. The van der Waals surface area contributed by atoms with E-state index in [-0.39, 0.29) is 22.6 Å². The summed E-state index contributed by atoms with van der Waals surface area (Å²) in [5, 5.41) is 11.6. The molecular weight excluding hydrogens is 508 g/mol. The molecule has 2 aliphatic heterocycles. The Morgan fingerprint density at radius 3 is 2.29 bits per heavy atom. The van der Waals surface area contributed by atoms with Crippen LogP contribution in [0, 0.1) is 0 Å². The molecular formula is C27H32N4O6S. The molecule has 1 spiro atoms. The van der Waals surface area contributed by atoms with Gasteiger partial charge >= 0.3 is 0 Å². The number of carbonyl (C=O) groups excluding carboxylic acids is 3. The third-order valence-electron chi connectivity index (χ3n) is 6.91. The fourth-order valence-corrected chi connectivity index (χ4v) is 6.02. The van der Waals surface area contributed by atoms with E-state index in [2.05, 4.69) is 0 Å².